The molecular formula is C11H9N5. The highest BCUT2D eigenvalue weighted by atomic mass is 15.3. The second-order valence-corrected chi connectivity index (χ2v) is 3.40. The van der Waals surface area contributed by atoms with Crippen molar-refractivity contribution in [3.05, 3.63) is 42.7 Å². The van der Waals surface area contributed by atoms with Crippen LogP contribution >= 0.6 is 0 Å². The number of nitrogens with zero attached hydrogens (tertiary/aromatic N) is 4. The molecule has 3 rings (SSSR count). The van der Waals surface area contributed by atoms with Gasteiger partial charge in [-0.1, -0.05) is 18.2 Å². The van der Waals surface area contributed by atoms with Crippen molar-refractivity contribution in [3.8, 4) is 5.95 Å². The molecule has 5 nitrogen and oxygen atoms in total. The zero-order valence-electron chi connectivity index (χ0n) is 8.41. The molecule has 2 aromatic heterocycles. The van der Waals surface area contributed by atoms with Crippen molar-refractivity contribution < 1.29 is 0 Å². The van der Waals surface area contributed by atoms with Crippen LogP contribution in [0, 0.1) is 0 Å². The van der Waals surface area contributed by atoms with Gasteiger partial charge in [-0.2, -0.15) is 14.8 Å². The lowest BCUT2D eigenvalue weighted by molar-refractivity contribution is 0.835. The molecule has 2 heterocycles. The van der Waals surface area contributed by atoms with Crippen molar-refractivity contribution in [1.82, 2.24) is 19.7 Å². The van der Waals surface area contributed by atoms with E-state index in [0.717, 1.165) is 10.9 Å². The molecule has 0 unspecified atom stereocenters. The van der Waals surface area contributed by atoms with E-state index in [0.29, 0.717) is 11.8 Å². The van der Waals surface area contributed by atoms with E-state index in [1.807, 2.05) is 24.3 Å². The Kier molecular flexibility index (Phi) is 1.83. The molecule has 0 bridgehead atoms. The first kappa shape index (κ1) is 8.84. The predicted octanol–water partition coefficient (Wildman–Crippen LogP) is 1.40. The molecule has 0 aliphatic carbocycles. The number of nitrogen functional groups attached to an aromatic ring is 1. The van der Waals surface area contributed by atoms with Gasteiger partial charge >= 0.3 is 0 Å². The Morgan fingerprint density at radius 2 is 2.00 bits per heavy atom. The number of nitrogens with two attached hydrogens (primary N) is 1. The zero-order valence-corrected chi connectivity index (χ0v) is 8.41. The Morgan fingerprint density at radius 3 is 2.88 bits per heavy atom. The van der Waals surface area contributed by atoms with Crippen LogP contribution in [0.25, 0.3) is 16.9 Å². The summed E-state index contributed by atoms with van der Waals surface area (Å²) in [5, 5.41) is 5.29. The van der Waals surface area contributed by atoms with Gasteiger partial charge in [-0.05, 0) is 12.1 Å². The first-order valence-corrected chi connectivity index (χ1v) is 4.86. The minimum absolute atomic E-state index is 0.435. The van der Waals surface area contributed by atoms with Crippen molar-refractivity contribution in [1.29, 1.82) is 0 Å². The highest BCUT2D eigenvalue weighted by Gasteiger charge is 2.06. The van der Waals surface area contributed by atoms with Crippen LogP contribution < -0.4 is 5.73 Å². The van der Waals surface area contributed by atoms with Crippen LogP contribution in [0.15, 0.2) is 42.7 Å². The summed E-state index contributed by atoms with van der Waals surface area (Å²) in [4.78, 5) is 8.27. The maximum atomic E-state index is 5.62. The molecule has 78 valence electrons. The van der Waals surface area contributed by atoms with E-state index in [4.69, 9.17) is 5.73 Å². The minimum Gasteiger partial charge on any atom is -0.384 e. The molecule has 0 spiro atoms. The number of rotatable bonds is 1. The van der Waals surface area contributed by atoms with E-state index in [1.165, 1.54) is 0 Å². The van der Waals surface area contributed by atoms with Gasteiger partial charge in [0.05, 0.1) is 11.7 Å². The summed E-state index contributed by atoms with van der Waals surface area (Å²) in [5.74, 6) is 0.922. The van der Waals surface area contributed by atoms with E-state index in [-0.39, 0.29) is 0 Å². The Hall–Kier alpha value is -2.43. The topological polar surface area (TPSA) is 69.6 Å². The number of benzene rings is 1. The highest BCUT2D eigenvalue weighted by molar-refractivity contribution is 5.79. The van der Waals surface area contributed by atoms with Crippen molar-refractivity contribution in [3.63, 3.8) is 0 Å². The summed E-state index contributed by atoms with van der Waals surface area (Å²) in [6, 6.07) is 9.52. The van der Waals surface area contributed by atoms with Crippen molar-refractivity contribution in [2.45, 2.75) is 0 Å². The largest absolute Gasteiger partial charge is 0.384 e. The van der Waals surface area contributed by atoms with Gasteiger partial charge < -0.3 is 5.73 Å². The van der Waals surface area contributed by atoms with Gasteiger partial charge in [0.2, 0.25) is 0 Å². The fourth-order valence-electron chi connectivity index (χ4n) is 1.60. The summed E-state index contributed by atoms with van der Waals surface area (Å²) in [6.45, 7) is 0. The molecule has 0 saturated carbocycles. The molecule has 0 aliphatic rings. The van der Waals surface area contributed by atoms with Gasteiger partial charge in [0, 0.05) is 11.6 Å². The zero-order chi connectivity index (χ0) is 11.0. The first-order chi connectivity index (χ1) is 7.84. The van der Waals surface area contributed by atoms with Crippen LogP contribution in [0.2, 0.25) is 0 Å². The average molecular weight is 211 g/mol. The maximum Gasteiger partial charge on any atom is 0.253 e. The molecule has 0 radical (unpaired) electrons. The minimum atomic E-state index is 0.435. The SMILES string of the molecule is Nc1ccnc(-n2ncc3ccccc32)n1. The van der Waals surface area contributed by atoms with E-state index in [9.17, 15) is 0 Å². The van der Waals surface area contributed by atoms with E-state index in [2.05, 4.69) is 15.1 Å². The van der Waals surface area contributed by atoms with E-state index >= 15 is 0 Å². The summed E-state index contributed by atoms with van der Waals surface area (Å²) < 4.78 is 1.67. The monoisotopic (exact) mass is 211 g/mol. The Bertz CT molecular complexity index is 643. The van der Waals surface area contributed by atoms with Gasteiger partial charge in [0.15, 0.2) is 0 Å². The smallest absolute Gasteiger partial charge is 0.253 e. The van der Waals surface area contributed by atoms with Crippen LogP contribution in [0.5, 0.6) is 0 Å². The predicted molar refractivity (Wildman–Crippen MR) is 61.1 cm³/mol. The fourth-order valence-corrected chi connectivity index (χ4v) is 1.60. The highest BCUT2D eigenvalue weighted by Crippen LogP contribution is 2.15. The fraction of sp³-hybridized carbons (Fsp3) is 0. The summed E-state index contributed by atoms with van der Waals surface area (Å²) in [6.07, 6.45) is 3.40. The van der Waals surface area contributed by atoms with E-state index in [1.54, 1.807) is 23.1 Å². The summed E-state index contributed by atoms with van der Waals surface area (Å²) in [7, 11) is 0. The number of aromatic nitrogens is 4. The molecule has 3 aromatic rings. The molecular weight excluding hydrogens is 202 g/mol. The molecule has 0 aliphatic heterocycles. The summed E-state index contributed by atoms with van der Waals surface area (Å²) >= 11 is 0. The lowest BCUT2D eigenvalue weighted by Crippen LogP contribution is -2.04. The lowest BCUT2D eigenvalue weighted by atomic mass is 10.3. The van der Waals surface area contributed by atoms with Gasteiger partial charge in [0.1, 0.15) is 5.82 Å². The van der Waals surface area contributed by atoms with E-state index < -0.39 is 0 Å². The molecule has 16 heavy (non-hydrogen) atoms. The quantitative estimate of drug-likeness (QED) is 0.660. The Labute approximate surface area is 91.6 Å². The molecule has 5 heteroatoms. The molecule has 1 aromatic carbocycles. The van der Waals surface area contributed by atoms with Crippen LogP contribution in [0.3, 0.4) is 0 Å². The first-order valence-electron chi connectivity index (χ1n) is 4.86. The molecule has 0 amide bonds. The normalized spacial score (nSPS) is 10.8. The standard InChI is InChI=1S/C11H9N5/c12-10-5-6-13-11(15-10)16-9-4-2-1-3-8(9)7-14-16/h1-7H,(H2,12,13,15). The molecule has 0 atom stereocenters. The van der Waals surface area contributed by atoms with Crippen molar-refractivity contribution >= 4 is 16.7 Å². The van der Waals surface area contributed by atoms with Crippen LogP contribution in [-0.2, 0) is 0 Å². The number of para-hydroxylation sites is 1. The Morgan fingerprint density at radius 1 is 1.12 bits per heavy atom. The third kappa shape index (κ3) is 1.30. The third-order valence-electron chi connectivity index (χ3n) is 2.33. The van der Waals surface area contributed by atoms with Gasteiger partial charge in [0.25, 0.3) is 5.95 Å². The molecule has 0 saturated heterocycles. The second kappa shape index (κ2) is 3.30. The van der Waals surface area contributed by atoms with Crippen LogP contribution in [-0.4, -0.2) is 19.7 Å². The van der Waals surface area contributed by atoms with Crippen LogP contribution in [0.4, 0.5) is 5.82 Å². The second-order valence-electron chi connectivity index (χ2n) is 3.40. The number of fused-ring (bicyclic) bond motifs is 1. The molecule has 2 N–H and O–H groups in total. The number of hydrogen-bond acceptors (Lipinski definition) is 4. The van der Waals surface area contributed by atoms with Gasteiger partial charge in [-0.25, -0.2) is 4.98 Å². The maximum absolute atomic E-state index is 5.62. The average Bonchev–Trinajstić information content (AvgIpc) is 2.72. The number of hydrogen-bond donors (Lipinski definition) is 1. The van der Waals surface area contributed by atoms with Crippen molar-refractivity contribution in [2.75, 3.05) is 5.73 Å². The van der Waals surface area contributed by atoms with Gasteiger partial charge in [-0.15, -0.1) is 0 Å². The van der Waals surface area contributed by atoms with Crippen LogP contribution in [0.1, 0.15) is 0 Å². The molecule has 0 fully saturated rings. The number of anilines is 1. The Balaban J connectivity index is 2.26. The lowest BCUT2D eigenvalue weighted by Gasteiger charge is -2.01. The van der Waals surface area contributed by atoms with Crippen molar-refractivity contribution in [2.24, 2.45) is 0 Å². The third-order valence-corrected chi connectivity index (χ3v) is 2.33. The van der Waals surface area contributed by atoms with Gasteiger partial charge in [-0.3, -0.25) is 0 Å². The summed E-state index contributed by atoms with van der Waals surface area (Å²) in [5.41, 5.74) is 6.58.